The van der Waals surface area contributed by atoms with Crippen molar-refractivity contribution in [3.8, 4) is 11.1 Å². The van der Waals surface area contributed by atoms with Crippen LogP contribution in [0.1, 0.15) is 27.6 Å². The second-order valence-electron chi connectivity index (χ2n) is 5.49. The van der Waals surface area contributed by atoms with E-state index in [1.165, 1.54) is 11.3 Å². The van der Waals surface area contributed by atoms with E-state index < -0.39 is 11.9 Å². The molecule has 0 radical (unpaired) electrons. The molecule has 0 aliphatic carbocycles. The van der Waals surface area contributed by atoms with E-state index in [2.05, 4.69) is 5.32 Å². The summed E-state index contributed by atoms with van der Waals surface area (Å²) < 4.78 is 5.19. The van der Waals surface area contributed by atoms with Crippen molar-refractivity contribution in [1.82, 2.24) is 0 Å². The van der Waals surface area contributed by atoms with Crippen LogP contribution in [-0.2, 0) is 4.74 Å². The summed E-state index contributed by atoms with van der Waals surface area (Å²) in [6.07, 6.45) is 0. The van der Waals surface area contributed by atoms with Gasteiger partial charge in [0.25, 0.3) is 5.91 Å². The highest BCUT2D eigenvalue weighted by molar-refractivity contribution is 7.15. The van der Waals surface area contributed by atoms with Gasteiger partial charge in [-0.25, -0.2) is 4.79 Å². The molecular weight excluding hydrogens is 405 g/mol. The predicted molar refractivity (Wildman–Crippen MR) is 110 cm³/mol. The lowest BCUT2D eigenvalue weighted by atomic mass is 10.0. The molecule has 1 amide bonds. The number of amides is 1. The highest BCUT2D eigenvalue weighted by atomic mass is 35.5. The Bertz CT molecular complexity index is 966. The number of nitrogens with one attached hydrogen (secondary N) is 1. The number of benzene rings is 2. The summed E-state index contributed by atoms with van der Waals surface area (Å²) in [6.45, 7) is 1.96. The Balaban J connectivity index is 2.02. The summed E-state index contributed by atoms with van der Waals surface area (Å²) in [4.78, 5) is 25.3. The smallest absolute Gasteiger partial charge is 0.341 e. The first-order valence-corrected chi connectivity index (χ1v) is 9.75. The maximum absolute atomic E-state index is 12.7. The maximum atomic E-state index is 12.7. The number of hydrogen-bond acceptors (Lipinski definition) is 4. The van der Waals surface area contributed by atoms with Crippen molar-refractivity contribution >= 4 is 51.4 Å². The Morgan fingerprint density at radius 2 is 1.67 bits per heavy atom. The SMILES string of the molecule is CCOC(=O)c1c(-c2ccccc2)csc1NC(=O)c1c(Cl)cccc1Cl. The first-order chi connectivity index (χ1) is 13.0. The van der Waals surface area contributed by atoms with Gasteiger partial charge in [0.05, 0.1) is 22.2 Å². The average molecular weight is 420 g/mol. The van der Waals surface area contributed by atoms with Crippen LogP contribution >= 0.6 is 34.5 Å². The molecule has 4 nitrogen and oxygen atoms in total. The molecule has 0 aliphatic rings. The summed E-state index contributed by atoms with van der Waals surface area (Å²) in [5.41, 5.74) is 2.02. The molecule has 7 heteroatoms. The number of carbonyl (C=O) groups excluding carboxylic acids is 2. The molecule has 0 aliphatic heterocycles. The van der Waals surface area contributed by atoms with Crippen LogP contribution in [-0.4, -0.2) is 18.5 Å². The van der Waals surface area contributed by atoms with Gasteiger partial charge in [-0.05, 0) is 24.6 Å². The maximum Gasteiger partial charge on any atom is 0.341 e. The molecule has 0 spiro atoms. The van der Waals surface area contributed by atoms with Gasteiger partial charge in [0.2, 0.25) is 0 Å². The van der Waals surface area contributed by atoms with E-state index >= 15 is 0 Å². The summed E-state index contributed by atoms with van der Waals surface area (Å²) in [5, 5.41) is 5.41. The summed E-state index contributed by atoms with van der Waals surface area (Å²) in [5.74, 6) is -0.990. The quantitative estimate of drug-likeness (QED) is 0.504. The van der Waals surface area contributed by atoms with Crippen molar-refractivity contribution in [1.29, 1.82) is 0 Å². The van der Waals surface area contributed by atoms with E-state index in [4.69, 9.17) is 27.9 Å². The van der Waals surface area contributed by atoms with Crippen LogP contribution in [0.5, 0.6) is 0 Å². The first-order valence-electron chi connectivity index (χ1n) is 8.12. The molecule has 0 saturated heterocycles. The van der Waals surface area contributed by atoms with E-state index in [0.29, 0.717) is 16.1 Å². The zero-order chi connectivity index (χ0) is 19.4. The van der Waals surface area contributed by atoms with Crippen LogP contribution in [0.2, 0.25) is 10.0 Å². The molecule has 0 fully saturated rings. The minimum absolute atomic E-state index is 0.158. The average Bonchev–Trinajstić information content (AvgIpc) is 3.06. The third-order valence-corrected chi connectivity index (χ3v) is 5.30. The minimum Gasteiger partial charge on any atom is -0.462 e. The Morgan fingerprint density at radius 1 is 1.00 bits per heavy atom. The van der Waals surface area contributed by atoms with Crippen molar-refractivity contribution < 1.29 is 14.3 Å². The lowest BCUT2D eigenvalue weighted by molar-refractivity contribution is 0.0529. The van der Waals surface area contributed by atoms with Gasteiger partial charge in [-0.3, -0.25) is 4.79 Å². The van der Waals surface area contributed by atoms with E-state index in [1.807, 2.05) is 35.7 Å². The molecule has 2 aromatic carbocycles. The van der Waals surface area contributed by atoms with Crippen molar-refractivity contribution in [2.75, 3.05) is 11.9 Å². The number of rotatable bonds is 5. The van der Waals surface area contributed by atoms with Gasteiger partial charge < -0.3 is 10.1 Å². The molecule has 3 rings (SSSR count). The molecule has 1 aromatic heterocycles. The molecule has 1 N–H and O–H groups in total. The van der Waals surface area contributed by atoms with Gasteiger partial charge in [0.1, 0.15) is 10.6 Å². The van der Waals surface area contributed by atoms with Crippen LogP contribution in [0.3, 0.4) is 0 Å². The second kappa shape index (κ2) is 8.57. The summed E-state index contributed by atoms with van der Waals surface area (Å²) >= 11 is 13.5. The van der Waals surface area contributed by atoms with Crippen LogP contribution in [0, 0.1) is 0 Å². The highest BCUT2D eigenvalue weighted by Gasteiger charge is 2.24. The molecule has 1 heterocycles. The molecule has 0 unspecified atom stereocenters. The van der Waals surface area contributed by atoms with Gasteiger partial charge in [0, 0.05) is 10.9 Å². The van der Waals surface area contributed by atoms with E-state index in [-0.39, 0.29) is 22.2 Å². The van der Waals surface area contributed by atoms with Crippen LogP contribution < -0.4 is 5.32 Å². The Hall–Kier alpha value is -2.34. The number of hydrogen-bond donors (Lipinski definition) is 1. The predicted octanol–water partition coefficient (Wildman–Crippen LogP) is 6.15. The number of ether oxygens (including phenoxy) is 1. The Morgan fingerprint density at radius 3 is 2.30 bits per heavy atom. The molecule has 0 saturated carbocycles. The first kappa shape index (κ1) is 19.4. The topological polar surface area (TPSA) is 55.4 Å². The summed E-state index contributed by atoms with van der Waals surface area (Å²) in [6, 6.07) is 14.2. The van der Waals surface area contributed by atoms with Crippen molar-refractivity contribution in [3.63, 3.8) is 0 Å². The molecule has 3 aromatic rings. The molecule has 0 bridgehead atoms. The molecule has 138 valence electrons. The third-order valence-electron chi connectivity index (χ3n) is 3.77. The zero-order valence-electron chi connectivity index (χ0n) is 14.3. The Kier molecular flexibility index (Phi) is 6.16. The number of esters is 1. The number of carbonyl (C=O) groups is 2. The van der Waals surface area contributed by atoms with Gasteiger partial charge in [-0.15, -0.1) is 11.3 Å². The molecule has 0 atom stereocenters. The monoisotopic (exact) mass is 419 g/mol. The van der Waals surface area contributed by atoms with Gasteiger partial charge in [-0.2, -0.15) is 0 Å². The van der Waals surface area contributed by atoms with Gasteiger partial charge in [0.15, 0.2) is 0 Å². The second-order valence-corrected chi connectivity index (χ2v) is 7.18. The van der Waals surface area contributed by atoms with E-state index in [9.17, 15) is 9.59 Å². The van der Waals surface area contributed by atoms with E-state index in [1.54, 1.807) is 25.1 Å². The zero-order valence-corrected chi connectivity index (χ0v) is 16.6. The number of thiophene rings is 1. The highest BCUT2D eigenvalue weighted by Crippen LogP contribution is 2.37. The fraction of sp³-hybridized carbons (Fsp3) is 0.100. The lowest BCUT2D eigenvalue weighted by Gasteiger charge is -2.10. The van der Waals surface area contributed by atoms with Crippen LogP contribution in [0.4, 0.5) is 5.00 Å². The minimum atomic E-state index is -0.502. The number of anilines is 1. The van der Waals surface area contributed by atoms with Gasteiger partial charge >= 0.3 is 5.97 Å². The van der Waals surface area contributed by atoms with Crippen LogP contribution in [0.25, 0.3) is 11.1 Å². The van der Waals surface area contributed by atoms with Crippen LogP contribution in [0.15, 0.2) is 53.9 Å². The number of halogens is 2. The fourth-order valence-corrected chi connectivity index (χ4v) is 4.09. The normalized spacial score (nSPS) is 10.5. The molecule has 27 heavy (non-hydrogen) atoms. The van der Waals surface area contributed by atoms with Crippen molar-refractivity contribution in [2.45, 2.75) is 6.92 Å². The third kappa shape index (κ3) is 4.16. The summed E-state index contributed by atoms with van der Waals surface area (Å²) in [7, 11) is 0. The Labute approximate surface area is 170 Å². The fourth-order valence-electron chi connectivity index (χ4n) is 2.57. The largest absolute Gasteiger partial charge is 0.462 e. The van der Waals surface area contributed by atoms with Crippen molar-refractivity contribution in [2.24, 2.45) is 0 Å². The standard InChI is InChI=1S/C20H15Cl2NO3S/c1-2-26-20(25)16-13(12-7-4-3-5-8-12)11-27-19(16)23-18(24)17-14(21)9-6-10-15(17)22/h3-11H,2H2,1H3,(H,23,24). The molecular formula is C20H15Cl2NO3S. The lowest BCUT2D eigenvalue weighted by Crippen LogP contribution is -2.15. The van der Waals surface area contributed by atoms with Crippen molar-refractivity contribution in [3.05, 3.63) is 75.1 Å². The van der Waals surface area contributed by atoms with E-state index in [0.717, 1.165) is 5.56 Å². The van der Waals surface area contributed by atoms with Gasteiger partial charge in [-0.1, -0.05) is 59.6 Å².